The molecule has 30 heavy (non-hydrogen) atoms. The Kier molecular flexibility index (Phi) is 5.04. The molecule has 2 N–H and O–H groups in total. The van der Waals surface area contributed by atoms with Gasteiger partial charge in [0.1, 0.15) is 11.4 Å². The highest BCUT2D eigenvalue weighted by molar-refractivity contribution is 7.90. The number of nitrogens with one attached hydrogen (secondary N) is 2. The van der Waals surface area contributed by atoms with Crippen molar-refractivity contribution < 1.29 is 22.5 Å². The van der Waals surface area contributed by atoms with Gasteiger partial charge in [0.2, 0.25) is 18.1 Å². The lowest BCUT2D eigenvalue weighted by Crippen LogP contribution is -2.33. The summed E-state index contributed by atoms with van der Waals surface area (Å²) in [6, 6.07) is 6.69. The van der Waals surface area contributed by atoms with E-state index in [9.17, 15) is 13.2 Å². The summed E-state index contributed by atoms with van der Waals surface area (Å²) in [4.78, 5) is 27.5. The van der Waals surface area contributed by atoms with E-state index in [1.807, 2.05) is 15.4 Å². The Morgan fingerprint density at radius 3 is 2.73 bits per heavy atom. The Labute approximate surface area is 172 Å². The van der Waals surface area contributed by atoms with Crippen molar-refractivity contribution in [2.45, 2.75) is 24.8 Å². The van der Waals surface area contributed by atoms with E-state index in [0.717, 1.165) is 16.4 Å². The number of carbonyl (C=O) groups is 1. The summed E-state index contributed by atoms with van der Waals surface area (Å²) < 4.78 is 33.5. The summed E-state index contributed by atoms with van der Waals surface area (Å²) in [5.41, 5.74) is 2.92. The third kappa shape index (κ3) is 3.66. The Morgan fingerprint density at radius 2 is 2.03 bits per heavy atom. The molecule has 154 valence electrons. The molecule has 4 heterocycles. The first-order valence-electron chi connectivity index (χ1n) is 9.12. The molecule has 11 heteroatoms. The van der Waals surface area contributed by atoms with Gasteiger partial charge < -0.3 is 4.74 Å². The van der Waals surface area contributed by atoms with Gasteiger partial charge in [-0.05, 0) is 18.2 Å². The van der Waals surface area contributed by atoms with E-state index in [1.54, 1.807) is 38.7 Å². The molecule has 0 unspecified atom stereocenters. The molecule has 4 rings (SSSR count). The average molecular weight is 427 g/mol. The fraction of sp³-hybridized carbons (Fsp3) is 0.211. The lowest BCUT2D eigenvalue weighted by molar-refractivity contribution is -0.662. The lowest BCUT2D eigenvalue weighted by atomic mass is 10.2. The molecule has 0 spiro atoms. The van der Waals surface area contributed by atoms with Crippen LogP contribution >= 0.6 is 0 Å². The van der Waals surface area contributed by atoms with Crippen molar-refractivity contribution in [2.75, 3.05) is 7.11 Å². The number of sulfonamides is 1. The molecular weight excluding hydrogens is 408 g/mol. The van der Waals surface area contributed by atoms with Crippen molar-refractivity contribution in [1.82, 2.24) is 24.7 Å². The third-order valence-electron chi connectivity index (χ3n) is 4.56. The standard InChI is InChI=1S/C19H18N6O4S/c1-3-16(26)24-30(27,28)13-5-4-12(20-8-13)10-25-11-22-15-9-21-19-14(18(15)25)6-7-17(23-19)29-2/h4-9,11H,3,10H2,1-2H3,(H,24,26)/p+1. The topological polar surface area (TPSA) is 131 Å². The minimum absolute atomic E-state index is 0.0667. The maximum absolute atomic E-state index is 12.2. The zero-order valence-corrected chi connectivity index (χ0v) is 17.1. The number of imidazole rings is 1. The number of pyridine rings is 3. The highest BCUT2D eigenvalue weighted by Crippen LogP contribution is 2.21. The van der Waals surface area contributed by atoms with Crippen LogP contribution in [0.25, 0.3) is 22.1 Å². The molecule has 0 saturated heterocycles. The number of hydrogen-bond donors (Lipinski definition) is 2. The van der Waals surface area contributed by atoms with Gasteiger partial charge in [0.15, 0.2) is 16.7 Å². The van der Waals surface area contributed by atoms with Crippen molar-refractivity contribution in [3.63, 3.8) is 0 Å². The highest BCUT2D eigenvalue weighted by atomic mass is 32.2. The monoisotopic (exact) mass is 427 g/mol. The predicted octanol–water partition coefficient (Wildman–Crippen LogP) is 1.07. The molecular formula is C19H19N6O4S+. The van der Waals surface area contributed by atoms with E-state index in [-0.39, 0.29) is 11.3 Å². The van der Waals surface area contributed by atoms with Crippen molar-refractivity contribution in [1.29, 1.82) is 0 Å². The lowest BCUT2D eigenvalue weighted by Gasteiger charge is -2.06. The van der Waals surface area contributed by atoms with Crippen LogP contribution in [0.4, 0.5) is 0 Å². The summed E-state index contributed by atoms with van der Waals surface area (Å²) in [5, 5.41) is 0.844. The minimum atomic E-state index is -3.92. The molecule has 0 aliphatic rings. The second-order valence-corrected chi connectivity index (χ2v) is 8.20. The van der Waals surface area contributed by atoms with E-state index < -0.39 is 15.9 Å². The summed E-state index contributed by atoms with van der Waals surface area (Å²) in [5.74, 6) is -0.0933. The zero-order valence-electron chi connectivity index (χ0n) is 16.3. The van der Waals surface area contributed by atoms with Gasteiger partial charge in [0, 0.05) is 18.7 Å². The maximum Gasteiger partial charge on any atom is 0.265 e. The van der Waals surface area contributed by atoms with E-state index in [2.05, 4.69) is 19.9 Å². The Morgan fingerprint density at radius 1 is 1.20 bits per heavy atom. The molecule has 1 amide bonds. The molecule has 0 fully saturated rings. The van der Waals surface area contributed by atoms with Gasteiger partial charge >= 0.3 is 0 Å². The van der Waals surface area contributed by atoms with Crippen LogP contribution in [0.2, 0.25) is 0 Å². The number of fused-ring (bicyclic) bond motifs is 3. The van der Waals surface area contributed by atoms with Gasteiger partial charge in [0.05, 0.1) is 24.4 Å². The number of nitrogens with zero attached hydrogens (tertiary/aromatic N) is 4. The number of ether oxygens (including phenoxy) is 1. The maximum atomic E-state index is 12.2. The highest BCUT2D eigenvalue weighted by Gasteiger charge is 2.19. The van der Waals surface area contributed by atoms with Gasteiger partial charge in [0.25, 0.3) is 10.0 Å². The number of amides is 1. The molecule has 0 atom stereocenters. The molecule has 0 aromatic carbocycles. The zero-order chi connectivity index (χ0) is 21.3. The molecule has 0 saturated carbocycles. The van der Waals surface area contributed by atoms with Crippen LogP contribution in [0.3, 0.4) is 0 Å². The van der Waals surface area contributed by atoms with Gasteiger partial charge in [-0.2, -0.15) is 4.98 Å². The smallest absolute Gasteiger partial charge is 0.265 e. The number of carbonyl (C=O) groups excluding carboxylic acids is 1. The largest absolute Gasteiger partial charge is 0.481 e. The van der Waals surface area contributed by atoms with Crippen LogP contribution in [-0.4, -0.2) is 41.4 Å². The van der Waals surface area contributed by atoms with Crippen LogP contribution < -0.4 is 14.0 Å². The fourth-order valence-corrected chi connectivity index (χ4v) is 4.03. The first-order valence-corrected chi connectivity index (χ1v) is 10.6. The van der Waals surface area contributed by atoms with Gasteiger partial charge in [-0.15, -0.1) is 0 Å². The summed E-state index contributed by atoms with van der Waals surface area (Å²) in [6.07, 6.45) is 4.80. The van der Waals surface area contributed by atoms with Crippen LogP contribution in [-0.2, 0) is 21.4 Å². The van der Waals surface area contributed by atoms with E-state index in [0.29, 0.717) is 23.8 Å². The van der Waals surface area contributed by atoms with Crippen molar-refractivity contribution in [2.24, 2.45) is 0 Å². The Bertz CT molecular complexity index is 1350. The summed E-state index contributed by atoms with van der Waals surface area (Å²) in [7, 11) is -2.38. The molecule has 0 radical (unpaired) electrons. The average Bonchev–Trinajstić information content (AvgIpc) is 3.16. The molecule has 0 bridgehead atoms. The van der Waals surface area contributed by atoms with Crippen LogP contribution in [0.15, 0.2) is 47.9 Å². The van der Waals surface area contributed by atoms with Crippen LogP contribution in [0.5, 0.6) is 5.88 Å². The Hall–Kier alpha value is -3.60. The van der Waals surface area contributed by atoms with Gasteiger partial charge in [-0.1, -0.05) is 6.92 Å². The minimum Gasteiger partial charge on any atom is -0.481 e. The molecule has 0 aliphatic heterocycles. The number of aromatic nitrogens is 5. The fourth-order valence-electron chi connectivity index (χ4n) is 3.03. The molecule has 4 aromatic rings. The van der Waals surface area contributed by atoms with Gasteiger partial charge in [-0.3, -0.25) is 9.78 Å². The second-order valence-electron chi connectivity index (χ2n) is 6.51. The Balaban J connectivity index is 1.66. The quantitative estimate of drug-likeness (QED) is 0.440. The number of hydrogen-bond acceptors (Lipinski definition) is 7. The number of H-pyrrole nitrogens is 1. The SMILES string of the molecule is CCC(=O)NS(=O)(=O)c1ccc(C[n+]2c[nH]c3cnc4nc(OC)ccc4c32)nc1. The van der Waals surface area contributed by atoms with Gasteiger partial charge in [-0.25, -0.2) is 27.7 Å². The number of aromatic amines is 1. The normalized spacial score (nSPS) is 11.7. The number of rotatable bonds is 6. The van der Waals surface area contributed by atoms with Crippen molar-refractivity contribution in [3.8, 4) is 5.88 Å². The second kappa shape index (κ2) is 7.67. The molecule has 10 nitrogen and oxygen atoms in total. The van der Waals surface area contributed by atoms with Crippen molar-refractivity contribution in [3.05, 3.63) is 48.7 Å². The number of methoxy groups -OCH3 is 1. The van der Waals surface area contributed by atoms with E-state index in [1.165, 1.54) is 12.3 Å². The predicted molar refractivity (Wildman–Crippen MR) is 107 cm³/mol. The van der Waals surface area contributed by atoms with Crippen molar-refractivity contribution >= 4 is 38.0 Å². The van der Waals surface area contributed by atoms with E-state index in [4.69, 9.17) is 4.74 Å². The first-order chi connectivity index (χ1) is 14.4. The van der Waals surface area contributed by atoms with Crippen LogP contribution in [0.1, 0.15) is 19.0 Å². The first kappa shape index (κ1) is 19.7. The van der Waals surface area contributed by atoms with E-state index >= 15 is 0 Å². The van der Waals surface area contributed by atoms with Crippen LogP contribution in [0, 0.1) is 0 Å². The third-order valence-corrected chi connectivity index (χ3v) is 5.92. The molecule has 0 aliphatic carbocycles. The summed E-state index contributed by atoms with van der Waals surface area (Å²) in [6.45, 7) is 1.97. The molecule has 4 aromatic heterocycles. The summed E-state index contributed by atoms with van der Waals surface area (Å²) >= 11 is 0.